The minimum absolute atomic E-state index is 0.282. The molecule has 1 aliphatic rings. The van der Waals surface area contributed by atoms with Crippen LogP contribution in [0.1, 0.15) is 0 Å². The van der Waals surface area contributed by atoms with Gasteiger partial charge in [0, 0.05) is 21.7 Å². The quantitative estimate of drug-likeness (QED) is 0.821. The van der Waals surface area contributed by atoms with E-state index in [0.717, 1.165) is 10.6 Å². The lowest BCUT2D eigenvalue weighted by atomic mass is 10.3. The van der Waals surface area contributed by atoms with Crippen LogP contribution in [-0.2, 0) is 9.59 Å². The van der Waals surface area contributed by atoms with Crippen molar-refractivity contribution >= 4 is 46.6 Å². The normalized spacial score (nSPS) is 15.1. The predicted octanol–water partition coefficient (Wildman–Crippen LogP) is 3.91. The first-order valence-corrected chi connectivity index (χ1v) is 7.68. The number of hydrogen-bond acceptors (Lipinski definition) is 3. The first-order chi connectivity index (χ1) is 10.6. The zero-order valence-electron chi connectivity index (χ0n) is 11.3. The molecule has 1 heterocycles. The molecule has 0 saturated carbocycles. The first-order valence-electron chi connectivity index (χ1n) is 6.48. The summed E-state index contributed by atoms with van der Waals surface area (Å²) in [6.07, 6.45) is 1.30. The Bertz CT molecular complexity index is 772. The summed E-state index contributed by atoms with van der Waals surface area (Å²) in [5, 5.41) is 6.05. The first kappa shape index (κ1) is 14.7. The number of hydrogen-bond donors (Lipinski definition) is 2. The van der Waals surface area contributed by atoms with E-state index in [9.17, 15) is 9.59 Å². The Morgan fingerprint density at radius 1 is 1.14 bits per heavy atom. The number of benzene rings is 2. The van der Waals surface area contributed by atoms with Crippen molar-refractivity contribution in [2.45, 2.75) is 4.90 Å². The van der Waals surface area contributed by atoms with E-state index >= 15 is 0 Å². The van der Waals surface area contributed by atoms with Crippen LogP contribution in [0.4, 0.5) is 11.4 Å². The summed E-state index contributed by atoms with van der Waals surface area (Å²) in [6, 6.07) is 14.2. The van der Waals surface area contributed by atoms with E-state index in [4.69, 9.17) is 11.6 Å². The van der Waals surface area contributed by atoms with E-state index in [2.05, 4.69) is 10.6 Å². The molecule has 6 heteroatoms. The highest BCUT2D eigenvalue weighted by Gasteiger charge is 2.21. The fraction of sp³-hybridized carbons (Fsp3) is 0. The molecule has 22 heavy (non-hydrogen) atoms. The summed E-state index contributed by atoms with van der Waals surface area (Å²) < 4.78 is 0. The number of carbonyl (C=O) groups is 2. The summed E-state index contributed by atoms with van der Waals surface area (Å²) in [4.78, 5) is 25.3. The Hall–Kier alpha value is -2.24. The molecule has 0 saturated heterocycles. The Labute approximate surface area is 136 Å². The summed E-state index contributed by atoms with van der Waals surface area (Å²) in [7, 11) is 0. The van der Waals surface area contributed by atoms with Crippen molar-refractivity contribution in [2.75, 3.05) is 10.6 Å². The Balaban J connectivity index is 1.76. The number of para-hydroxylation sites is 1. The standard InChI is InChI=1S/C16H11ClN2O2S/c17-10-5-7-11(8-6-10)18-15(20)9-14-16(21)19-12-3-1-2-4-13(12)22-14/h1-9H,(H,18,20)(H,19,21)/b14-9+. The zero-order chi connectivity index (χ0) is 15.5. The topological polar surface area (TPSA) is 58.2 Å². The molecule has 0 atom stereocenters. The Morgan fingerprint density at radius 2 is 1.86 bits per heavy atom. The van der Waals surface area contributed by atoms with E-state index in [1.807, 2.05) is 24.3 Å². The second-order valence-corrected chi connectivity index (χ2v) is 6.08. The second kappa shape index (κ2) is 6.25. The van der Waals surface area contributed by atoms with Crippen LogP contribution in [0.15, 0.2) is 64.4 Å². The highest BCUT2D eigenvalue weighted by atomic mass is 35.5. The van der Waals surface area contributed by atoms with Gasteiger partial charge in [0.15, 0.2) is 0 Å². The lowest BCUT2D eigenvalue weighted by molar-refractivity contribution is -0.114. The molecular formula is C16H11ClN2O2S. The van der Waals surface area contributed by atoms with E-state index in [1.165, 1.54) is 17.8 Å². The van der Waals surface area contributed by atoms with E-state index < -0.39 is 0 Å². The number of thioether (sulfide) groups is 1. The molecule has 0 fully saturated rings. The van der Waals surface area contributed by atoms with Gasteiger partial charge in [-0.1, -0.05) is 35.5 Å². The van der Waals surface area contributed by atoms with Crippen molar-refractivity contribution in [3.8, 4) is 0 Å². The fourth-order valence-electron chi connectivity index (χ4n) is 1.93. The van der Waals surface area contributed by atoms with Gasteiger partial charge in [0.05, 0.1) is 10.6 Å². The number of halogens is 1. The fourth-order valence-corrected chi connectivity index (χ4v) is 2.98. The van der Waals surface area contributed by atoms with Crippen LogP contribution in [0.3, 0.4) is 0 Å². The molecule has 110 valence electrons. The molecule has 2 amide bonds. The minimum Gasteiger partial charge on any atom is -0.322 e. The smallest absolute Gasteiger partial charge is 0.262 e. The van der Waals surface area contributed by atoms with Crippen molar-refractivity contribution in [3.05, 3.63) is 64.5 Å². The molecule has 0 bridgehead atoms. The molecule has 0 aliphatic carbocycles. The highest BCUT2D eigenvalue weighted by Crippen LogP contribution is 2.37. The number of nitrogens with one attached hydrogen (secondary N) is 2. The second-order valence-electron chi connectivity index (χ2n) is 4.56. The summed E-state index contributed by atoms with van der Waals surface area (Å²) >= 11 is 7.06. The van der Waals surface area contributed by atoms with Gasteiger partial charge in [-0.25, -0.2) is 0 Å². The lowest BCUT2D eigenvalue weighted by Crippen LogP contribution is -2.19. The van der Waals surface area contributed by atoms with Crippen molar-refractivity contribution < 1.29 is 9.59 Å². The number of rotatable bonds is 2. The molecule has 0 radical (unpaired) electrons. The minimum atomic E-state index is -0.362. The maximum absolute atomic E-state index is 12.0. The highest BCUT2D eigenvalue weighted by molar-refractivity contribution is 8.04. The van der Waals surface area contributed by atoms with Crippen LogP contribution in [-0.4, -0.2) is 11.8 Å². The van der Waals surface area contributed by atoms with Crippen LogP contribution >= 0.6 is 23.4 Å². The van der Waals surface area contributed by atoms with Gasteiger partial charge in [0.2, 0.25) is 5.91 Å². The number of amides is 2. The third-order valence-electron chi connectivity index (χ3n) is 2.95. The van der Waals surface area contributed by atoms with Crippen LogP contribution in [0.25, 0.3) is 0 Å². The average Bonchev–Trinajstić information content (AvgIpc) is 2.50. The van der Waals surface area contributed by atoms with Gasteiger partial charge < -0.3 is 10.6 Å². The van der Waals surface area contributed by atoms with Crippen molar-refractivity contribution in [1.29, 1.82) is 0 Å². The predicted molar refractivity (Wildman–Crippen MR) is 89.1 cm³/mol. The van der Waals surface area contributed by atoms with Gasteiger partial charge in [-0.3, -0.25) is 9.59 Å². The molecular weight excluding hydrogens is 320 g/mol. The maximum atomic E-state index is 12.0. The zero-order valence-corrected chi connectivity index (χ0v) is 12.9. The van der Waals surface area contributed by atoms with Gasteiger partial charge in [-0.05, 0) is 36.4 Å². The SMILES string of the molecule is O=C(/C=C1/Sc2ccccc2NC1=O)Nc1ccc(Cl)cc1. The summed E-state index contributed by atoms with van der Waals surface area (Å²) in [5.41, 5.74) is 1.38. The van der Waals surface area contributed by atoms with Crippen molar-refractivity contribution in [2.24, 2.45) is 0 Å². The van der Waals surface area contributed by atoms with E-state index in [-0.39, 0.29) is 11.8 Å². The molecule has 1 aliphatic heterocycles. The van der Waals surface area contributed by atoms with Crippen LogP contribution in [0.2, 0.25) is 5.02 Å². The van der Waals surface area contributed by atoms with Crippen LogP contribution in [0.5, 0.6) is 0 Å². The molecule has 3 rings (SSSR count). The Morgan fingerprint density at radius 3 is 2.64 bits per heavy atom. The average molecular weight is 331 g/mol. The third kappa shape index (κ3) is 3.32. The van der Waals surface area contributed by atoms with Crippen LogP contribution in [0, 0.1) is 0 Å². The Kier molecular flexibility index (Phi) is 4.18. The summed E-state index contributed by atoms with van der Waals surface area (Å²) in [6.45, 7) is 0. The molecule has 2 N–H and O–H groups in total. The molecule has 0 aromatic heterocycles. The van der Waals surface area contributed by atoms with Gasteiger partial charge in [-0.2, -0.15) is 0 Å². The van der Waals surface area contributed by atoms with Gasteiger partial charge >= 0.3 is 0 Å². The molecule has 0 unspecified atom stereocenters. The van der Waals surface area contributed by atoms with Crippen molar-refractivity contribution in [1.82, 2.24) is 0 Å². The van der Waals surface area contributed by atoms with Gasteiger partial charge in [0.25, 0.3) is 5.91 Å². The van der Waals surface area contributed by atoms with E-state index in [0.29, 0.717) is 15.6 Å². The number of anilines is 2. The van der Waals surface area contributed by atoms with Gasteiger partial charge in [0.1, 0.15) is 0 Å². The monoisotopic (exact) mass is 330 g/mol. The largest absolute Gasteiger partial charge is 0.322 e. The molecule has 2 aromatic carbocycles. The lowest BCUT2D eigenvalue weighted by Gasteiger charge is -2.17. The maximum Gasteiger partial charge on any atom is 0.262 e. The number of fused-ring (bicyclic) bond motifs is 1. The van der Waals surface area contributed by atoms with Crippen molar-refractivity contribution in [3.63, 3.8) is 0 Å². The summed E-state index contributed by atoms with van der Waals surface area (Å²) in [5.74, 6) is -0.644. The molecule has 4 nitrogen and oxygen atoms in total. The van der Waals surface area contributed by atoms with Gasteiger partial charge in [-0.15, -0.1) is 0 Å². The molecule has 2 aromatic rings. The van der Waals surface area contributed by atoms with E-state index in [1.54, 1.807) is 24.3 Å². The number of carbonyl (C=O) groups excluding carboxylic acids is 2. The van der Waals surface area contributed by atoms with Crippen LogP contribution < -0.4 is 10.6 Å². The third-order valence-corrected chi connectivity index (χ3v) is 4.30. The molecule has 0 spiro atoms.